The number of nitrogens with zero attached hydrogens (tertiary/aromatic N) is 1. The molecule has 5 heteroatoms. The monoisotopic (exact) mass is 265 g/mol. The summed E-state index contributed by atoms with van der Waals surface area (Å²) in [6.45, 7) is 4.11. The highest BCUT2D eigenvalue weighted by Crippen LogP contribution is 2.29. The van der Waals surface area contributed by atoms with E-state index in [1.807, 2.05) is 18.2 Å². The number of hydrogen-bond donors (Lipinski definition) is 2. The molecule has 19 heavy (non-hydrogen) atoms. The van der Waals surface area contributed by atoms with E-state index in [0.29, 0.717) is 6.04 Å². The molecule has 1 unspecified atom stereocenters. The second kappa shape index (κ2) is 6.63. The maximum Gasteiger partial charge on any atom is 0.162 e. The van der Waals surface area contributed by atoms with Gasteiger partial charge in [-0.25, -0.2) is 0 Å². The molecule has 0 aliphatic carbocycles. The zero-order valence-electron chi connectivity index (χ0n) is 11.9. The van der Waals surface area contributed by atoms with Gasteiger partial charge in [0, 0.05) is 44.0 Å². The van der Waals surface area contributed by atoms with Crippen LogP contribution in [0.5, 0.6) is 11.5 Å². The summed E-state index contributed by atoms with van der Waals surface area (Å²) < 4.78 is 10.5. The van der Waals surface area contributed by atoms with Crippen molar-refractivity contribution in [2.75, 3.05) is 52.8 Å². The van der Waals surface area contributed by atoms with Crippen molar-refractivity contribution in [2.45, 2.75) is 6.04 Å². The Morgan fingerprint density at radius 2 is 2.11 bits per heavy atom. The SMILES string of the molecule is COc1ccc(NCC2CNCCN2C)cc1OC. The highest BCUT2D eigenvalue weighted by atomic mass is 16.5. The van der Waals surface area contributed by atoms with Crippen LogP contribution in [0.1, 0.15) is 0 Å². The summed E-state index contributed by atoms with van der Waals surface area (Å²) in [5.41, 5.74) is 1.05. The van der Waals surface area contributed by atoms with Crippen LogP contribution < -0.4 is 20.1 Å². The summed E-state index contributed by atoms with van der Waals surface area (Å²) in [4.78, 5) is 2.38. The summed E-state index contributed by atoms with van der Waals surface area (Å²) in [7, 11) is 5.47. The molecule has 106 valence electrons. The molecule has 0 radical (unpaired) electrons. The van der Waals surface area contributed by atoms with Crippen LogP contribution >= 0.6 is 0 Å². The van der Waals surface area contributed by atoms with Crippen LogP contribution in [0.3, 0.4) is 0 Å². The van der Waals surface area contributed by atoms with Gasteiger partial charge in [-0.3, -0.25) is 4.90 Å². The predicted molar refractivity (Wildman–Crippen MR) is 77.3 cm³/mol. The van der Waals surface area contributed by atoms with Gasteiger partial charge < -0.3 is 20.1 Å². The molecule has 0 bridgehead atoms. The zero-order valence-corrected chi connectivity index (χ0v) is 11.9. The third-order valence-electron chi connectivity index (χ3n) is 3.57. The van der Waals surface area contributed by atoms with Gasteiger partial charge in [0.15, 0.2) is 11.5 Å². The van der Waals surface area contributed by atoms with Crippen molar-refractivity contribution in [1.82, 2.24) is 10.2 Å². The van der Waals surface area contributed by atoms with Gasteiger partial charge in [0.25, 0.3) is 0 Å². The summed E-state index contributed by atoms with van der Waals surface area (Å²) in [5.74, 6) is 1.51. The Hall–Kier alpha value is -1.46. The minimum atomic E-state index is 0.516. The first-order chi connectivity index (χ1) is 9.24. The average molecular weight is 265 g/mol. The van der Waals surface area contributed by atoms with E-state index in [4.69, 9.17) is 9.47 Å². The second-order valence-corrected chi connectivity index (χ2v) is 4.79. The number of nitrogens with one attached hydrogen (secondary N) is 2. The normalized spacial score (nSPS) is 20.1. The third-order valence-corrected chi connectivity index (χ3v) is 3.57. The van der Waals surface area contributed by atoms with Crippen LogP contribution in [0.4, 0.5) is 5.69 Å². The Morgan fingerprint density at radius 1 is 1.32 bits per heavy atom. The van der Waals surface area contributed by atoms with Crippen molar-refractivity contribution in [2.24, 2.45) is 0 Å². The molecule has 1 saturated heterocycles. The topological polar surface area (TPSA) is 45.8 Å². The largest absolute Gasteiger partial charge is 0.493 e. The van der Waals surface area contributed by atoms with Gasteiger partial charge in [0.2, 0.25) is 0 Å². The molecule has 2 N–H and O–H groups in total. The maximum atomic E-state index is 5.30. The van der Waals surface area contributed by atoms with Crippen LogP contribution in [0.25, 0.3) is 0 Å². The van der Waals surface area contributed by atoms with E-state index in [1.165, 1.54) is 0 Å². The van der Waals surface area contributed by atoms with Gasteiger partial charge >= 0.3 is 0 Å². The third kappa shape index (κ3) is 3.52. The Kier molecular flexibility index (Phi) is 4.87. The number of benzene rings is 1. The molecule has 0 amide bonds. The Balaban J connectivity index is 1.95. The first-order valence-electron chi connectivity index (χ1n) is 6.61. The van der Waals surface area contributed by atoms with Crippen molar-refractivity contribution in [3.05, 3.63) is 18.2 Å². The number of anilines is 1. The number of hydrogen-bond acceptors (Lipinski definition) is 5. The molecule has 1 aliphatic rings. The van der Waals surface area contributed by atoms with E-state index in [1.54, 1.807) is 14.2 Å². The second-order valence-electron chi connectivity index (χ2n) is 4.79. The quantitative estimate of drug-likeness (QED) is 0.832. The van der Waals surface area contributed by atoms with E-state index < -0.39 is 0 Å². The van der Waals surface area contributed by atoms with Crippen molar-refractivity contribution in [3.8, 4) is 11.5 Å². The molecule has 1 atom stereocenters. The average Bonchev–Trinajstić information content (AvgIpc) is 2.46. The van der Waals surface area contributed by atoms with Crippen molar-refractivity contribution < 1.29 is 9.47 Å². The molecule has 0 spiro atoms. The van der Waals surface area contributed by atoms with Crippen molar-refractivity contribution in [1.29, 1.82) is 0 Å². The molecule has 1 fully saturated rings. The molecule has 2 rings (SSSR count). The van der Waals surface area contributed by atoms with Crippen LogP contribution in [-0.4, -0.2) is 58.4 Å². The molecule has 0 saturated carbocycles. The fourth-order valence-corrected chi connectivity index (χ4v) is 2.27. The molecular weight excluding hydrogens is 242 g/mol. The molecule has 1 heterocycles. The molecule has 0 aromatic heterocycles. The predicted octanol–water partition coefficient (Wildman–Crippen LogP) is 1.02. The lowest BCUT2D eigenvalue weighted by Crippen LogP contribution is -2.52. The van der Waals surface area contributed by atoms with Crippen LogP contribution in [0.2, 0.25) is 0 Å². The first kappa shape index (κ1) is 14.0. The molecule has 1 aromatic rings. The van der Waals surface area contributed by atoms with Crippen LogP contribution in [0, 0.1) is 0 Å². The Bertz CT molecular complexity index is 412. The number of piperazine rings is 1. The lowest BCUT2D eigenvalue weighted by molar-refractivity contribution is 0.209. The maximum absolute atomic E-state index is 5.30. The first-order valence-corrected chi connectivity index (χ1v) is 6.61. The van der Waals surface area contributed by atoms with E-state index in [0.717, 1.165) is 43.4 Å². The fourth-order valence-electron chi connectivity index (χ4n) is 2.27. The number of likely N-dealkylation sites (N-methyl/N-ethyl adjacent to an activating group) is 1. The molecule has 1 aromatic carbocycles. The molecular formula is C14H23N3O2. The summed E-state index contributed by atoms with van der Waals surface area (Å²) in [5, 5.41) is 6.87. The van der Waals surface area contributed by atoms with Gasteiger partial charge in [0.1, 0.15) is 0 Å². The lowest BCUT2D eigenvalue weighted by atomic mass is 10.2. The van der Waals surface area contributed by atoms with Crippen molar-refractivity contribution >= 4 is 5.69 Å². The van der Waals surface area contributed by atoms with Gasteiger partial charge in [-0.2, -0.15) is 0 Å². The van der Waals surface area contributed by atoms with Gasteiger partial charge in [0.05, 0.1) is 14.2 Å². The highest BCUT2D eigenvalue weighted by Gasteiger charge is 2.18. The minimum Gasteiger partial charge on any atom is -0.493 e. The highest BCUT2D eigenvalue weighted by molar-refractivity contribution is 5.54. The van der Waals surface area contributed by atoms with E-state index in [9.17, 15) is 0 Å². The van der Waals surface area contributed by atoms with Crippen LogP contribution in [0.15, 0.2) is 18.2 Å². The van der Waals surface area contributed by atoms with Crippen LogP contribution in [-0.2, 0) is 0 Å². The van der Waals surface area contributed by atoms with E-state index in [-0.39, 0.29) is 0 Å². The number of rotatable bonds is 5. The summed E-state index contributed by atoms with van der Waals surface area (Å²) in [6.07, 6.45) is 0. The van der Waals surface area contributed by atoms with Gasteiger partial charge in [-0.15, -0.1) is 0 Å². The minimum absolute atomic E-state index is 0.516. The molecule has 5 nitrogen and oxygen atoms in total. The Morgan fingerprint density at radius 3 is 2.79 bits per heavy atom. The lowest BCUT2D eigenvalue weighted by Gasteiger charge is -2.33. The number of methoxy groups -OCH3 is 2. The Labute approximate surface area is 114 Å². The van der Waals surface area contributed by atoms with Crippen molar-refractivity contribution in [3.63, 3.8) is 0 Å². The fraction of sp³-hybridized carbons (Fsp3) is 0.571. The summed E-state index contributed by atoms with van der Waals surface area (Å²) in [6, 6.07) is 6.42. The van der Waals surface area contributed by atoms with Gasteiger partial charge in [-0.1, -0.05) is 0 Å². The molecule has 1 aliphatic heterocycles. The van der Waals surface area contributed by atoms with E-state index >= 15 is 0 Å². The van der Waals surface area contributed by atoms with Gasteiger partial charge in [-0.05, 0) is 19.2 Å². The summed E-state index contributed by atoms with van der Waals surface area (Å²) >= 11 is 0. The van der Waals surface area contributed by atoms with E-state index in [2.05, 4.69) is 22.6 Å². The zero-order chi connectivity index (χ0) is 13.7. The smallest absolute Gasteiger partial charge is 0.162 e. The standard InChI is InChI=1S/C14H23N3O2/c1-17-7-6-15-9-12(17)10-16-11-4-5-13(18-2)14(8-11)19-3/h4-5,8,12,15-16H,6-7,9-10H2,1-3H3. The number of ether oxygens (including phenoxy) is 2.